The number of nitrogens with zero attached hydrogens (tertiary/aromatic N) is 2. The predicted octanol–water partition coefficient (Wildman–Crippen LogP) is 0.700. The summed E-state index contributed by atoms with van der Waals surface area (Å²) >= 11 is 0. The number of phenolic OH excluding ortho intramolecular Hbond substituents is 3. The van der Waals surface area contributed by atoms with Crippen LogP contribution < -0.4 is 16.3 Å². The highest BCUT2D eigenvalue weighted by molar-refractivity contribution is 6.38. The molecule has 7 rings (SSSR count). The van der Waals surface area contributed by atoms with Gasteiger partial charge in [0.2, 0.25) is 11.7 Å². The molecule has 0 saturated heterocycles. The molecular weight excluding hydrogens is 562 g/mol. The molecule has 4 aliphatic rings. The van der Waals surface area contributed by atoms with Crippen LogP contribution in [0.5, 0.6) is 17.2 Å². The SMILES string of the molecule is COC1=CC(=O)c2c(O)c3c(c(O)c2C1=O)C(=O)C1(CCc2cc4cc(/C=N/NC5=NCCN5)[nH]c(=O)c4c(O)c21)C3=O. The van der Waals surface area contributed by atoms with E-state index in [1.54, 1.807) is 12.1 Å². The minimum Gasteiger partial charge on any atom is -0.507 e. The Morgan fingerprint density at radius 3 is 2.40 bits per heavy atom. The van der Waals surface area contributed by atoms with E-state index in [0.29, 0.717) is 35.7 Å². The normalized spacial score (nSPS) is 20.4. The number of pyridine rings is 1. The Bertz CT molecular complexity index is 2060. The molecule has 1 aromatic heterocycles. The van der Waals surface area contributed by atoms with Crippen molar-refractivity contribution in [3.8, 4) is 17.2 Å². The number of carbonyl (C=O) groups excluding carboxylic acids is 4. The van der Waals surface area contributed by atoms with Gasteiger partial charge in [-0.2, -0.15) is 5.10 Å². The molecule has 3 aromatic rings. The largest absolute Gasteiger partial charge is 0.507 e. The van der Waals surface area contributed by atoms with Gasteiger partial charge >= 0.3 is 0 Å². The Balaban J connectivity index is 1.37. The third-order valence-electron chi connectivity index (χ3n) is 8.31. The number of aromatic nitrogens is 1. The van der Waals surface area contributed by atoms with E-state index in [2.05, 4.69) is 25.8 Å². The van der Waals surface area contributed by atoms with E-state index in [1.165, 1.54) is 6.21 Å². The number of phenols is 3. The second-order valence-electron chi connectivity index (χ2n) is 10.5. The number of hydrogen-bond donors (Lipinski definition) is 6. The summed E-state index contributed by atoms with van der Waals surface area (Å²) in [4.78, 5) is 73.8. The maximum atomic E-state index is 14.1. The number of aromatic amines is 1. The van der Waals surface area contributed by atoms with Crippen molar-refractivity contribution >= 4 is 46.1 Å². The van der Waals surface area contributed by atoms with E-state index in [4.69, 9.17) is 4.74 Å². The highest BCUT2D eigenvalue weighted by Crippen LogP contribution is 2.57. The summed E-state index contributed by atoms with van der Waals surface area (Å²) in [5, 5.41) is 40.8. The number of Topliss-reactive ketones (excluding diaryl/α,β-unsaturated/α-hetero) is 3. The van der Waals surface area contributed by atoms with Crippen molar-refractivity contribution in [3.63, 3.8) is 0 Å². The average molecular weight is 584 g/mol. The maximum Gasteiger partial charge on any atom is 0.260 e. The van der Waals surface area contributed by atoms with Crippen LogP contribution in [0.25, 0.3) is 10.8 Å². The fourth-order valence-electron chi connectivity index (χ4n) is 6.46. The molecule has 14 heteroatoms. The minimum absolute atomic E-state index is 0.127. The lowest BCUT2D eigenvalue weighted by atomic mass is 9.76. The van der Waals surface area contributed by atoms with Crippen LogP contribution in [0.4, 0.5) is 0 Å². The first kappa shape index (κ1) is 26.1. The fraction of sp³-hybridized carbons (Fsp3) is 0.207. The van der Waals surface area contributed by atoms with E-state index in [-0.39, 0.29) is 23.8 Å². The summed E-state index contributed by atoms with van der Waals surface area (Å²) in [6.45, 7) is 1.28. The van der Waals surface area contributed by atoms with Crippen molar-refractivity contribution in [1.29, 1.82) is 0 Å². The van der Waals surface area contributed by atoms with Crippen LogP contribution in [-0.4, -0.2) is 75.8 Å². The molecule has 1 aliphatic heterocycles. The number of aliphatic imine (C=N–C) groups is 1. The Hall–Kier alpha value is -5.79. The van der Waals surface area contributed by atoms with Crippen molar-refractivity contribution in [1.82, 2.24) is 15.7 Å². The van der Waals surface area contributed by atoms with Crippen molar-refractivity contribution in [2.24, 2.45) is 10.1 Å². The number of nitrogens with one attached hydrogen (secondary N) is 3. The van der Waals surface area contributed by atoms with E-state index >= 15 is 0 Å². The Morgan fingerprint density at radius 1 is 1.00 bits per heavy atom. The standard InChI is InChI=1S/C29H21N5O9/c1-43-14-8-13(35)16-17(21(14)36)23(38)19-18(22(16)37)25(40)29(26(19)41)3-2-10-6-11-7-12(9-32-34-28-30-4-5-31-28)33-27(42)15(11)24(39)20(10)29/h6-9,37-39H,2-5H2,1H3,(H,33,42)(H2,30,31,34)/b32-9+. The number of hydrazone groups is 1. The van der Waals surface area contributed by atoms with Crippen LogP contribution in [0.15, 0.2) is 38.9 Å². The van der Waals surface area contributed by atoms with Gasteiger partial charge in [0, 0.05) is 18.2 Å². The monoisotopic (exact) mass is 583 g/mol. The number of allylic oxidation sites excluding steroid dienone is 2. The number of aromatic hydroxyl groups is 3. The average Bonchev–Trinajstić information content (AvgIpc) is 3.68. The third-order valence-corrected chi connectivity index (χ3v) is 8.31. The van der Waals surface area contributed by atoms with Crippen molar-refractivity contribution in [2.75, 3.05) is 20.2 Å². The van der Waals surface area contributed by atoms with E-state index in [1.807, 2.05) is 0 Å². The van der Waals surface area contributed by atoms with Gasteiger partial charge in [-0.25, -0.2) is 10.4 Å². The first-order chi connectivity index (χ1) is 20.6. The number of hydrogen-bond acceptors (Lipinski definition) is 13. The minimum atomic E-state index is -2.11. The number of H-pyrrole nitrogens is 1. The molecule has 0 amide bonds. The quantitative estimate of drug-likeness (QED) is 0.109. The van der Waals surface area contributed by atoms with Crippen molar-refractivity contribution < 1.29 is 39.2 Å². The van der Waals surface area contributed by atoms with E-state index in [0.717, 1.165) is 13.2 Å². The topological polar surface area (TPSA) is 220 Å². The number of aryl methyl sites for hydroxylation is 1. The summed E-state index contributed by atoms with van der Waals surface area (Å²) in [7, 11) is 1.14. The van der Waals surface area contributed by atoms with Gasteiger partial charge in [-0.05, 0) is 29.9 Å². The van der Waals surface area contributed by atoms with Crippen LogP contribution in [0.2, 0.25) is 0 Å². The van der Waals surface area contributed by atoms with Crippen molar-refractivity contribution in [2.45, 2.75) is 18.3 Å². The smallest absolute Gasteiger partial charge is 0.260 e. The van der Waals surface area contributed by atoms with Gasteiger partial charge in [-0.3, -0.25) is 24.0 Å². The lowest BCUT2D eigenvalue weighted by molar-refractivity contribution is 0.0790. The molecule has 3 aliphatic carbocycles. The van der Waals surface area contributed by atoms with Crippen LogP contribution in [0, 0.1) is 0 Å². The molecule has 216 valence electrons. The second kappa shape index (κ2) is 8.85. The van der Waals surface area contributed by atoms with E-state index < -0.39 is 79.4 Å². The zero-order valence-corrected chi connectivity index (χ0v) is 22.3. The number of benzene rings is 2. The summed E-state index contributed by atoms with van der Waals surface area (Å²) < 4.78 is 4.91. The molecule has 14 nitrogen and oxygen atoms in total. The lowest BCUT2D eigenvalue weighted by Crippen LogP contribution is -2.36. The Kier molecular flexibility index (Phi) is 5.38. The zero-order chi connectivity index (χ0) is 30.4. The van der Waals surface area contributed by atoms with E-state index in [9.17, 15) is 39.3 Å². The number of methoxy groups -OCH3 is 1. The fourth-order valence-corrected chi connectivity index (χ4v) is 6.46. The Morgan fingerprint density at radius 2 is 1.72 bits per heavy atom. The van der Waals surface area contributed by atoms with Gasteiger partial charge < -0.3 is 30.4 Å². The molecule has 43 heavy (non-hydrogen) atoms. The van der Waals surface area contributed by atoms with Gasteiger partial charge in [-0.15, -0.1) is 0 Å². The Labute approximate surface area is 240 Å². The van der Waals surface area contributed by atoms with Crippen LogP contribution in [0.3, 0.4) is 0 Å². The number of ether oxygens (including phenoxy) is 1. The summed E-state index contributed by atoms with van der Waals surface area (Å²) in [6.07, 6.45) is 2.14. The predicted molar refractivity (Wildman–Crippen MR) is 149 cm³/mol. The molecule has 2 heterocycles. The molecule has 0 bridgehead atoms. The van der Waals surface area contributed by atoms with Gasteiger partial charge in [0.15, 0.2) is 23.1 Å². The summed E-state index contributed by atoms with van der Waals surface area (Å²) in [5.41, 5.74) is -2.09. The number of rotatable bonds is 3. The molecule has 1 spiro atoms. The maximum absolute atomic E-state index is 14.1. The first-order valence-electron chi connectivity index (χ1n) is 13.2. The number of ketones is 4. The van der Waals surface area contributed by atoms with Gasteiger partial charge in [-0.1, -0.05) is 6.07 Å². The summed E-state index contributed by atoms with van der Waals surface area (Å²) in [5.74, 6) is -6.21. The molecule has 2 aromatic carbocycles. The molecule has 0 radical (unpaired) electrons. The number of guanidine groups is 1. The van der Waals surface area contributed by atoms with Gasteiger partial charge in [0.05, 0.1) is 53.2 Å². The van der Waals surface area contributed by atoms with Gasteiger partial charge in [0.1, 0.15) is 22.7 Å². The second-order valence-corrected chi connectivity index (χ2v) is 10.5. The molecule has 1 unspecified atom stereocenters. The van der Waals surface area contributed by atoms with Crippen molar-refractivity contribution in [3.05, 3.63) is 73.4 Å². The first-order valence-corrected chi connectivity index (χ1v) is 13.2. The summed E-state index contributed by atoms with van der Waals surface area (Å²) in [6, 6.07) is 3.14. The molecular formula is C29H21N5O9. The third kappa shape index (κ3) is 3.31. The molecule has 1 atom stereocenters. The highest BCUT2D eigenvalue weighted by Gasteiger charge is 2.61. The zero-order valence-electron chi connectivity index (χ0n) is 22.3. The lowest BCUT2D eigenvalue weighted by Gasteiger charge is -2.22. The number of carbonyl (C=O) groups is 4. The van der Waals surface area contributed by atoms with Crippen LogP contribution >= 0.6 is 0 Å². The number of fused-ring (bicyclic) bond motifs is 5. The van der Waals surface area contributed by atoms with Crippen LogP contribution in [0.1, 0.15) is 64.7 Å². The highest BCUT2D eigenvalue weighted by atomic mass is 16.5. The van der Waals surface area contributed by atoms with Gasteiger partial charge in [0.25, 0.3) is 5.56 Å². The molecule has 0 fully saturated rings. The molecule has 0 saturated carbocycles. The molecule has 6 N–H and O–H groups in total. The van der Waals surface area contributed by atoms with Crippen LogP contribution in [-0.2, 0) is 16.6 Å².